The largest absolute Gasteiger partial charge is 0.493 e. The number of carbonyl (C=O) groups is 1. The van der Waals surface area contributed by atoms with Crippen molar-refractivity contribution in [3.05, 3.63) is 47.5 Å². The number of alkyl halides is 3. The van der Waals surface area contributed by atoms with Gasteiger partial charge in [-0.3, -0.25) is 4.90 Å². The summed E-state index contributed by atoms with van der Waals surface area (Å²) in [5.41, 5.74) is 0.827. The zero-order chi connectivity index (χ0) is 26.7. The van der Waals surface area contributed by atoms with E-state index >= 15 is 0 Å². The van der Waals surface area contributed by atoms with E-state index in [-0.39, 0.29) is 9.93 Å². The van der Waals surface area contributed by atoms with Crippen LogP contribution in [0.15, 0.2) is 41.3 Å². The van der Waals surface area contributed by atoms with Crippen LogP contribution in [-0.4, -0.2) is 40.4 Å². The summed E-state index contributed by atoms with van der Waals surface area (Å²) in [4.78, 5) is 14.5. The number of benzene rings is 2. The topological polar surface area (TPSA) is 50.8 Å². The van der Waals surface area contributed by atoms with Crippen LogP contribution in [0.3, 0.4) is 0 Å². The van der Waals surface area contributed by atoms with Gasteiger partial charge in [-0.05, 0) is 60.6 Å². The van der Waals surface area contributed by atoms with Gasteiger partial charge in [-0.1, -0.05) is 26.8 Å². The molecule has 0 fully saturated rings. The van der Waals surface area contributed by atoms with Gasteiger partial charge in [0.1, 0.15) is 5.75 Å². The van der Waals surface area contributed by atoms with Gasteiger partial charge in [-0.15, -0.1) is 11.8 Å². The number of ether oxygens (including phenoxy) is 1. The maximum absolute atomic E-state index is 13.5. The van der Waals surface area contributed by atoms with Gasteiger partial charge in [0.25, 0.3) is 0 Å². The lowest BCUT2D eigenvalue weighted by Gasteiger charge is -2.36. The Balaban J connectivity index is 1.60. The van der Waals surface area contributed by atoms with E-state index in [2.05, 4.69) is 39.2 Å². The smallest absolute Gasteiger partial charge is 0.417 e. The third-order valence-corrected chi connectivity index (χ3v) is 12.1. The highest BCUT2D eigenvalue weighted by molar-refractivity contribution is 7.98. The fourth-order valence-corrected chi connectivity index (χ4v) is 5.41. The number of nitrogens with one attached hydrogen (secondary N) is 1. The average Bonchev–Trinajstić information content (AvgIpc) is 3.20. The molecule has 0 saturated carbocycles. The first-order chi connectivity index (χ1) is 16.7. The molecule has 1 aliphatic rings. The van der Waals surface area contributed by atoms with Crippen molar-refractivity contribution in [3.8, 4) is 5.75 Å². The number of hydrogen-bond donors (Lipinski definition) is 1. The van der Waals surface area contributed by atoms with E-state index < -0.39 is 26.1 Å². The van der Waals surface area contributed by atoms with E-state index in [9.17, 15) is 18.0 Å². The maximum atomic E-state index is 13.5. The average molecular weight is 541 g/mol. The normalized spacial score (nSPS) is 14.1. The summed E-state index contributed by atoms with van der Waals surface area (Å²) in [5.74, 6) is 0.603. The van der Waals surface area contributed by atoms with E-state index in [0.29, 0.717) is 43.3 Å². The molecule has 36 heavy (non-hydrogen) atoms. The minimum atomic E-state index is -4.49. The molecule has 1 aliphatic heterocycles. The molecule has 198 valence electrons. The Morgan fingerprint density at radius 1 is 1.14 bits per heavy atom. The Labute approximate surface area is 216 Å². The van der Waals surface area contributed by atoms with Crippen molar-refractivity contribution in [1.82, 2.24) is 0 Å². The number of thioether (sulfide) groups is 1. The second-order valence-corrected chi connectivity index (χ2v) is 16.0. The predicted octanol–water partition coefficient (Wildman–Crippen LogP) is 7.81. The van der Waals surface area contributed by atoms with Crippen LogP contribution in [0, 0.1) is 0 Å². The van der Waals surface area contributed by atoms with E-state index in [1.807, 2.05) is 0 Å². The van der Waals surface area contributed by atoms with Crippen molar-refractivity contribution in [2.75, 3.05) is 36.2 Å². The zero-order valence-electron chi connectivity index (χ0n) is 21.7. The molecular formula is C26H35F3N2O3SSi. The lowest BCUT2D eigenvalue weighted by Crippen LogP contribution is -2.41. The van der Waals surface area contributed by atoms with Crippen LogP contribution in [0.5, 0.6) is 5.75 Å². The molecule has 2 amide bonds. The summed E-state index contributed by atoms with van der Waals surface area (Å²) in [5, 5.41) is 2.95. The number of urea groups is 1. The van der Waals surface area contributed by atoms with Gasteiger partial charge < -0.3 is 14.5 Å². The number of fused-ring (bicyclic) bond motifs is 1. The number of nitrogens with zero attached hydrogens (tertiary/aromatic N) is 1. The molecule has 0 spiro atoms. The van der Waals surface area contributed by atoms with E-state index in [4.69, 9.17) is 9.16 Å². The van der Waals surface area contributed by atoms with Crippen LogP contribution in [0.2, 0.25) is 18.1 Å². The molecular weight excluding hydrogens is 505 g/mol. The molecule has 0 radical (unpaired) electrons. The van der Waals surface area contributed by atoms with Crippen molar-refractivity contribution in [1.29, 1.82) is 0 Å². The highest BCUT2D eigenvalue weighted by Crippen LogP contribution is 2.42. The number of hydrogen-bond acceptors (Lipinski definition) is 4. The van der Waals surface area contributed by atoms with Gasteiger partial charge >= 0.3 is 12.2 Å². The van der Waals surface area contributed by atoms with E-state index in [0.717, 1.165) is 29.8 Å². The van der Waals surface area contributed by atoms with Crippen LogP contribution < -0.4 is 15.0 Å². The summed E-state index contributed by atoms with van der Waals surface area (Å²) >= 11 is 1.05. The minimum absolute atomic E-state index is 0.155. The maximum Gasteiger partial charge on any atom is 0.417 e. The first-order valence-electron chi connectivity index (χ1n) is 12.0. The third kappa shape index (κ3) is 6.77. The number of amides is 2. The molecule has 10 heteroatoms. The lowest BCUT2D eigenvalue weighted by molar-refractivity contribution is -0.139. The Bertz CT molecular complexity index is 1090. The van der Waals surface area contributed by atoms with Crippen molar-refractivity contribution >= 4 is 37.5 Å². The molecule has 0 aliphatic carbocycles. The van der Waals surface area contributed by atoms with Gasteiger partial charge in [0.05, 0.1) is 12.2 Å². The van der Waals surface area contributed by atoms with Crippen LogP contribution in [0.1, 0.15) is 38.3 Å². The van der Waals surface area contributed by atoms with Crippen molar-refractivity contribution in [2.24, 2.45) is 0 Å². The van der Waals surface area contributed by atoms with Crippen LogP contribution in [-0.2, 0) is 17.0 Å². The number of halogens is 3. The first kappa shape index (κ1) is 28.4. The van der Waals surface area contributed by atoms with Crippen molar-refractivity contribution in [2.45, 2.75) is 62.8 Å². The van der Waals surface area contributed by atoms with Crippen LogP contribution in [0.4, 0.5) is 29.3 Å². The molecule has 0 atom stereocenters. The number of anilines is 2. The third-order valence-electron chi connectivity index (χ3n) is 6.76. The minimum Gasteiger partial charge on any atom is -0.493 e. The zero-order valence-corrected chi connectivity index (χ0v) is 23.5. The standard InChI is InChI=1S/C26H35F3N2O3SSi/c1-25(2,3)36(5,6)34-14-8-13-33-20-10-7-9-19(16-20)30-24(32)31-12-11-18-15-23(35-4)21(17-22(18)31)26(27,28)29/h7,9-10,15-17H,8,11-14H2,1-6H3,(H,30,32). The highest BCUT2D eigenvalue weighted by atomic mass is 32.2. The summed E-state index contributed by atoms with van der Waals surface area (Å²) in [7, 11) is -1.79. The SMILES string of the molecule is CSc1cc2c(cc1C(F)(F)F)N(C(=O)Nc1cccc(OCCCO[Si](C)(C)C(C)(C)C)c1)CC2. The van der Waals surface area contributed by atoms with Gasteiger partial charge in [0.2, 0.25) is 0 Å². The monoisotopic (exact) mass is 540 g/mol. The molecule has 5 nitrogen and oxygen atoms in total. The quantitative estimate of drug-likeness (QED) is 0.211. The fraction of sp³-hybridized carbons (Fsp3) is 0.500. The van der Waals surface area contributed by atoms with Gasteiger partial charge in [-0.2, -0.15) is 13.2 Å². The molecule has 0 bridgehead atoms. The fourth-order valence-electron chi connectivity index (χ4n) is 3.66. The van der Waals surface area contributed by atoms with Gasteiger partial charge in [0, 0.05) is 41.9 Å². The second kappa shape index (κ2) is 11.1. The molecule has 0 aromatic heterocycles. The molecule has 3 rings (SSSR count). The van der Waals surface area contributed by atoms with Crippen molar-refractivity contribution in [3.63, 3.8) is 0 Å². The van der Waals surface area contributed by atoms with E-state index in [1.54, 1.807) is 36.6 Å². The first-order valence-corrected chi connectivity index (χ1v) is 16.1. The van der Waals surface area contributed by atoms with E-state index in [1.165, 1.54) is 4.90 Å². The molecule has 0 unspecified atom stereocenters. The molecule has 1 N–H and O–H groups in total. The van der Waals surface area contributed by atoms with Gasteiger partial charge in [-0.25, -0.2) is 4.79 Å². The molecule has 2 aromatic rings. The summed E-state index contributed by atoms with van der Waals surface area (Å²) in [6.07, 6.45) is -1.62. The number of rotatable bonds is 8. The molecule has 0 saturated heterocycles. The summed E-state index contributed by atoms with van der Waals surface area (Å²) in [6.45, 7) is 12.4. The molecule has 2 aromatic carbocycles. The van der Waals surface area contributed by atoms with Crippen LogP contribution in [0.25, 0.3) is 0 Å². The second-order valence-electron chi connectivity index (χ2n) is 10.3. The van der Waals surface area contributed by atoms with Crippen LogP contribution >= 0.6 is 11.8 Å². The summed E-state index contributed by atoms with van der Waals surface area (Å²) in [6, 6.07) is 9.15. The molecule has 1 heterocycles. The summed E-state index contributed by atoms with van der Waals surface area (Å²) < 4.78 is 52.6. The highest BCUT2D eigenvalue weighted by Gasteiger charge is 2.37. The number of carbonyl (C=O) groups excluding carboxylic acids is 1. The Morgan fingerprint density at radius 2 is 1.86 bits per heavy atom. The Kier molecular flexibility index (Phi) is 8.73. The Morgan fingerprint density at radius 3 is 2.50 bits per heavy atom. The Hall–Kier alpha value is -2.17. The predicted molar refractivity (Wildman–Crippen MR) is 143 cm³/mol. The van der Waals surface area contributed by atoms with Gasteiger partial charge in [0.15, 0.2) is 8.32 Å². The lowest BCUT2D eigenvalue weighted by atomic mass is 10.1. The van der Waals surface area contributed by atoms with Crippen molar-refractivity contribution < 1.29 is 27.1 Å².